The zero-order valence-corrected chi connectivity index (χ0v) is 20.9. The molecule has 0 radical (unpaired) electrons. The van der Waals surface area contributed by atoms with Crippen LogP contribution in [-0.2, 0) is 12.0 Å². The van der Waals surface area contributed by atoms with Crippen molar-refractivity contribution in [2.75, 3.05) is 19.7 Å². The van der Waals surface area contributed by atoms with Gasteiger partial charge in [0.05, 0.1) is 6.61 Å². The number of carbonyl (C=O) groups excluding carboxylic acids is 1. The fourth-order valence-electron chi connectivity index (χ4n) is 5.29. The van der Waals surface area contributed by atoms with E-state index in [2.05, 4.69) is 37.4 Å². The number of rotatable bonds is 6. The van der Waals surface area contributed by atoms with Crippen molar-refractivity contribution in [3.05, 3.63) is 83.4 Å². The fourth-order valence-corrected chi connectivity index (χ4v) is 5.29. The Balaban J connectivity index is 1.30. The second-order valence-electron chi connectivity index (χ2n) is 10.3. The van der Waals surface area contributed by atoms with Crippen molar-refractivity contribution < 1.29 is 19.6 Å². The Morgan fingerprint density at radius 2 is 1.75 bits per heavy atom. The van der Waals surface area contributed by atoms with Crippen LogP contribution < -0.4 is 15.5 Å². The summed E-state index contributed by atoms with van der Waals surface area (Å²) in [6.45, 7) is 7.18. The lowest BCUT2D eigenvalue weighted by Gasteiger charge is -2.38. The van der Waals surface area contributed by atoms with E-state index in [-0.39, 0.29) is 11.3 Å². The lowest BCUT2D eigenvalue weighted by molar-refractivity contribution is 0.0646. The molecule has 1 spiro atoms. The summed E-state index contributed by atoms with van der Waals surface area (Å²) < 4.78 is 6.08. The predicted molar refractivity (Wildman–Crippen MR) is 142 cm³/mol. The molecule has 36 heavy (non-hydrogen) atoms. The molecule has 3 aromatic carbocycles. The third-order valence-corrected chi connectivity index (χ3v) is 7.47. The molecule has 0 unspecified atom stereocenters. The average Bonchev–Trinajstić information content (AvgIpc) is 3.24. The van der Waals surface area contributed by atoms with Gasteiger partial charge in [0.15, 0.2) is 0 Å². The molecule has 6 nitrogen and oxygen atoms in total. The molecule has 3 aromatic rings. The van der Waals surface area contributed by atoms with Crippen molar-refractivity contribution in [2.24, 2.45) is 0 Å². The van der Waals surface area contributed by atoms with Crippen LogP contribution in [0.2, 0.25) is 0 Å². The van der Waals surface area contributed by atoms with Crippen LogP contribution in [0.15, 0.2) is 66.7 Å². The normalized spacial score (nSPS) is 16.2. The standard InChI is InChI=1S/C29H33BN2O4/c1-20(2)31-18-21-9-10-27-26(15-21)29(19-36-27)11-13-32(14-12-29)28(33)24-7-3-5-22(16-24)23-6-4-8-25(17-23)30(34)35/h3-10,15-17,20,31,34-35H,11-14,18-19H2,1-2H3. The molecule has 1 fully saturated rings. The number of ether oxygens (including phenoxy) is 1. The second-order valence-corrected chi connectivity index (χ2v) is 10.3. The molecule has 1 amide bonds. The van der Waals surface area contributed by atoms with Gasteiger partial charge in [0.25, 0.3) is 5.91 Å². The Kier molecular flexibility index (Phi) is 6.89. The number of hydrogen-bond acceptors (Lipinski definition) is 5. The Hall–Kier alpha value is -3.13. The average molecular weight is 484 g/mol. The summed E-state index contributed by atoms with van der Waals surface area (Å²) in [7, 11) is -1.53. The van der Waals surface area contributed by atoms with E-state index < -0.39 is 7.12 Å². The number of carbonyl (C=O) groups is 1. The van der Waals surface area contributed by atoms with Crippen LogP contribution >= 0.6 is 0 Å². The first-order chi connectivity index (χ1) is 17.3. The highest BCUT2D eigenvalue weighted by Gasteiger charge is 2.44. The van der Waals surface area contributed by atoms with E-state index in [9.17, 15) is 14.8 Å². The molecule has 3 N–H and O–H groups in total. The first kappa shape index (κ1) is 24.6. The van der Waals surface area contributed by atoms with E-state index in [0.717, 1.165) is 36.3 Å². The molecule has 2 aliphatic rings. The van der Waals surface area contributed by atoms with Gasteiger partial charge in [-0.25, -0.2) is 0 Å². The Labute approximate surface area is 213 Å². The molecule has 186 valence electrons. The molecule has 5 rings (SSSR count). The quantitative estimate of drug-likeness (QED) is 0.469. The van der Waals surface area contributed by atoms with Gasteiger partial charge in [-0.15, -0.1) is 0 Å². The van der Waals surface area contributed by atoms with E-state index in [1.165, 1.54) is 11.1 Å². The predicted octanol–water partition coefficient (Wildman–Crippen LogP) is 3.10. The zero-order valence-electron chi connectivity index (χ0n) is 20.9. The van der Waals surface area contributed by atoms with Gasteiger partial charge in [0, 0.05) is 42.2 Å². The number of piperidine rings is 1. The first-order valence-electron chi connectivity index (χ1n) is 12.7. The van der Waals surface area contributed by atoms with E-state index in [0.29, 0.717) is 36.8 Å². The van der Waals surface area contributed by atoms with Crippen LogP contribution in [0.5, 0.6) is 5.75 Å². The van der Waals surface area contributed by atoms with Crippen molar-refractivity contribution in [1.82, 2.24) is 10.2 Å². The summed E-state index contributed by atoms with van der Waals surface area (Å²) in [4.78, 5) is 15.4. The number of nitrogens with one attached hydrogen (secondary N) is 1. The number of likely N-dealkylation sites (tertiary alicyclic amines) is 1. The van der Waals surface area contributed by atoms with Gasteiger partial charge in [-0.05, 0) is 53.2 Å². The molecule has 2 heterocycles. The van der Waals surface area contributed by atoms with E-state index in [4.69, 9.17) is 4.74 Å². The lowest BCUT2D eigenvalue weighted by Crippen LogP contribution is -2.46. The maximum Gasteiger partial charge on any atom is 0.488 e. The molecule has 0 aromatic heterocycles. The Bertz CT molecular complexity index is 1250. The van der Waals surface area contributed by atoms with E-state index in [1.54, 1.807) is 18.2 Å². The minimum absolute atomic E-state index is 0.0269. The second kappa shape index (κ2) is 10.1. The lowest BCUT2D eigenvalue weighted by atomic mass is 9.74. The molecular formula is C29H33BN2O4. The van der Waals surface area contributed by atoms with Gasteiger partial charge in [-0.3, -0.25) is 4.79 Å². The van der Waals surface area contributed by atoms with Gasteiger partial charge in [0.1, 0.15) is 5.75 Å². The molecule has 2 aliphatic heterocycles. The number of benzene rings is 3. The van der Waals surface area contributed by atoms with Crippen LogP contribution in [0.25, 0.3) is 11.1 Å². The smallest absolute Gasteiger partial charge is 0.488 e. The Morgan fingerprint density at radius 3 is 2.47 bits per heavy atom. The molecule has 0 bridgehead atoms. The number of amides is 1. The highest BCUT2D eigenvalue weighted by molar-refractivity contribution is 6.58. The van der Waals surface area contributed by atoms with Crippen molar-refractivity contribution in [1.29, 1.82) is 0 Å². The molecular weight excluding hydrogens is 451 g/mol. The zero-order chi connectivity index (χ0) is 25.3. The maximum absolute atomic E-state index is 13.4. The molecule has 0 atom stereocenters. The van der Waals surface area contributed by atoms with E-state index >= 15 is 0 Å². The molecule has 7 heteroatoms. The summed E-state index contributed by atoms with van der Waals surface area (Å²) in [6.07, 6.45) is 1.76. The molecule has 0 saturated carbocycles. The van der Waals surface area contributed by atoms with Crippen molar-refractivity contribution in [3.63, 3.8) is 0 Å². The first-order valence-corrected chi connectivity index (χ1v) is 12.7. The van der Waals surface area contributed by atoms with Gasteiger partial charge >= 0.3 is 7.12 Å². The largest absolute Gasteiger partial charge is 0.492 e. The third kappa shape index (κ3) is 4.92. The van der Waals surface area contributed by atoms with Gasteiger partial charge in [-0.2, -0.15) is 0 Å². The van der Waals surface area contributed by atoms with Crippen LogP contribution in [0.3, 0.4) is 0 Å². The Morgan fingerprint density at radius 1 is 1.03 bits per heavy atom. The van der Waals surface area contributed by atoms with Crippen LogP contribution in [0.1, 0.15) is 48.2 Å². The summed E-state index contributed by atoms with van der Waals surface area (Å²) in [5.74, 6) is 1.00. The summed E-state index contributed by atoms with van der Waals surface area (Å²) >= 11 is 0. The maximum atomic E-state index is 13.4. The highest BCUT2D eigenvalue weighted by atomic mass is 16.5. The fraction of sp³-hybridized carbons (Fsp3) is 0.345. The van der Waals surface area contributed by atoms with Crippen LogP contribution in [0.4, 0.5) is 0 Å². The monoisotopic (exact) mass is 484 g/mol. The van der Waals surface area contributed by atoms with Crippen LogP contribution in [-0.4, -0.2) is 53.7 Å². The summed E-state index contributed by atoms with van der Waals surface area (Å²) in [5, 5.41) is 22.5. The van der Waals surface area contributed by atoms with E-state index in [1.807, 2.05) is 35.2 Å². The van der Waals surface area contributed by atoms with Crippen molar-refractivity contribution >= 4 is 18.5 Å². The van der Waals surface area contributed by atoms with Gasteiger partial charge in [-0.1, -0.05) is 62.4 Å². The number of hydrogen-bond donors (Lipinski definition) is 3. The van der Waals surface area contributed by atoms with Gasteiger partial charge in [0.2, 0.25) is 0 Å². The topological polar surface area (TPSA) is 82.0 Å². The minimum Gasteiger partial charge on any atom is -0.492 e. The van der Waals surface area contributed by atoms with Crippen molar-refractivity contribution in [2.45, 2.75) is 44.7 Å². The van der Waals surface area contributed by atoms with Crippen molar-refractivity contribution in [3.8, 4) is 16.9 Å². The number of fused-ring (bicyclic) bond motifs is 2. The number of nitrogens with zero attached hydrogens (tertiary/aromatic N) is 1. The third-order valence-electron chi connectivity index (χ3n) is 7.47. The van der Waals surface area contributed by atoms with Crippen LogP contribution in [0, 0.1) is 0 Å². The molecule has 0 aliphatic carbocycles. The SMILES string of the molecule is CC(C)NCc1ccc2c(c1)C1(CCN(C(=O)c3cccc(-c4cccc(B(O)O)c4)c3)CC1)CO2. The summed E-state index contributed by atoms with van der Waals surface area (Å²) in [6, 6.07) is 21.6. The van der Waals surface area contributed by atoms with Gasteiger partial charge < -0.3 is 25.0 Å². The minimum atomic E-state index is -1.53. The summed E-state index contributed by atoms with van der Waals surface area (Å²) in [5.41, 5.74) is 5.29. The highest BCUT2D eigenvalue weighted by Crippen LogP contribution is 2.46. The molecule has 1 saturated heterocycles.